The third kappa shape index (κ3) is 2.61. The molecule has 2 aliphatic carbocycles. The molecule has 0 saturated heterocycles. The van der Waals surface area contributed by atoms with Gasteiger partial charge in [-0.3, -0.25) is 19.2 Å². The number of anilines is 4. The topological polar surface area (TPSA) is 92.3 Å². The van der Waals surface area contributed by atoms with Crippen LogP contribution in [0.25, 0.3) is 22.3 Å². The van der Waals surface area contributed by atoms with E-state index < -0.39 is 10.9 Å². The summed E-state index contributed by atoms with van der Waals surface area (Å²) in [5, 5.41) is 6.06. The Morgan fingerprint density at radius 3 is 1.17 bits per heavy atom. The zero-order valence-corrected chi connectivity index (χ0v) is 18.7. The maximum Gasteiger partial charge on any atom is 0.253 e. The molecule has 0 fully saturated rings. The van der Waals surface area contributed by atoms with E-state index in [0.717, 1.165) is 22.3 Å². The van der Waals surface area contributed by atoms with Crippen molar-refractivity contribution >= 4 is 34.3 Å². The predicted octanol–water partition coefficient (Wildman–Crippen LogP) is 5.19. The van der Waals surface area contributed by atoms with Crippen LogP contribution in [0.1, 0.15) is 31.8 Å². The van der Waals surface area contributed by atoms with E-state index in [1.807, 2.05) is 48.5 Å². The summed E-state index contributed by atoms with van der Waals surface area (Å²) < 4.78 is 0. The van der Waals surface area contributed by atoms with E-state index >= 15 is 0 Å². The predicted molar refractivity (Wildman–Crippen MR) is 139 cm³/mol. The Morgan fingerprint density at radius 2 is 0.750 bits per heavy atom. The number of carbonyl (C=O) groups is 2. The number of ketones is 2. The smallest absolute Gasteiger partial charge is 0.253 e. The highest BCUT2D eigenvalue weighted by molar-refractivity contribution is 6.25. The zero-order valence-electron chi connectivity index (χ0n) is 18.7. The van der Waals surface area contributed by atoms with E-state index in [-0.39, 0.29) is 22.9 Å². The minimum atomic E-state index is -0.680. The number of benzene rings is 4. The third-order valence-electron chi connectivity index (χ3n) is 6.94. The number of hydrogen-bond donors (Lipinski definition) is 2. The fourth-order valence-corrected chi connectivity index (χ4v) is 5.25. The van der Waals surface area contributed by atoms with Crippen molar-refractivity contribution < 1.29 is 9.59 Å². The summed E-state index contributed by atoms with van der Waals surface area (Å²) in [4.78, 5) is 51.4. The molecule has 170 valence electrons. The van der Waals surface area contributed by atoms with Crippen molar-refractivity contribution in [3.8, 4) is 22.3 Å². The Kier molecular flexibility index (Phi) is 4.06. The molecule has 0 aromatic heterocycles. The lowest BCUT2D eigenvalue weighted by Crippen LogP contribution is -2.36. The molecular formula is C30H16N2O4. The van der Waals surface area contributed by atoms with Gasteiger partial charge in [0.1, 0.15) is 11.4 Å². The minimum Gasteiger partial charge on any atom is -0.350 e. The fraction of sp³-hybridized carbons (Fsp3) is 0. The van der Waals surface area contributed by atoms with Gasteiger partial charge in [-0.25, -0.2) is 0 Å². The first kappa shape index (κ1) is 20.3. The first-order valence-electron chi connectivity index (χ1n) is 11.5. The molecule has 6 heteroatoms. The lowest BCUT2D eigenvalue weighted by atomic mass is 10.0. The summed E-state index contributed by atoms with van der Waals surface area (Å²) in [6, 6.07) is 25.4. The molecule has 0 atom stereocenters. The van der Waals surface area contributed by atoms with Crippen LogP contribution in [0.3, 0.4) is 0 Å². The van der Waals surface area contributed by atoms with E-state index in [2.05, 4.69) is 10.6 Å². The van der Waals surface area contributed by atoms with Crippen molar-refractivity contribution in [1.29, 1.82) is 0 Å². The standard InChI is InChI=1S/C30H16N2O4/c33-27-19-9-3-1-7-15(19)17-11-5-13-21(23(17)27)31-25-26(30(36)29(25)35)32-22-14-6-12-18-16-8-2-4-10-20(16)28(34)24(18)22/h1-14,31-32H. The quantitative estimate of drug-likeness (QED) is 0.345. The average Bonchev–Trinajstić information content (AvgIpc) is 3.38. The molecule has 0 unspecified atom stereocenters. The van der Waals surface area contributed by atoms with Gasteiger partial charge < -0.3 is 10.6 Å². The summed E-state index contributed by atoms with van der Waals surface area (Å²) in [7, 11) is 0. The molecule has 5 aromatic carbocycles. The second-order valence-corrected chi connectivity index (χ2v) is 8.86. The van der Waals surface area contributed by atoms with Gasteiger partial charge in [0.15, 0.2) is 11.6 Å². The van der Waals surface area contributed by atoms with E-state index in [4.69, 9.17) is 0 Å². The highest BCUT2D eigenvalue weighted by Gasteiger charge is 2.32. The van der Waals surface area contributed by atoms with Gasteiger partial charge in [-0.05, 0) is 34.4 Å². The molecule has 0 heterocycles. The Balaban J connectivity index is 1.28. The van der Waals surface area contributed by atoms with Crippen molar-refractivity contribution in [2.45, 2.75) is 0 Å². The molecule has 5 aromatic rings. The zero-order chi connectivity index (χ0) is 24.6. The van der Waals surface area contributed by atoms with Gasteiger partial charge >= 0.3 is 0 Å². The van der Waals surface area contributed by atoms with Gasteiger partial charge in [0.25, 0.3) is 10.9 Å². The Bertz CT molecular complexity index is 1740. The van der Waals surface area contributed by atoms with E-state index in [9.17, 15) is 19.2 Å². The van der Waals surface area contributed by atoms with Gasteiger partial charge in [0.2, 0.25) is 0 Å². The molecule has 0 saturated carbocycles. The van der Waals surface area contributed by atoms with Gasteiger partial charge in [0, 0.05) is 11.1 Å². The number of hydrogen-bond acceptors (Lipinski definition) is 6. The largest absolute Gasteiger partial charge is 0.350 e. The summed E-state index contributed by atoms with van der Waals surface area (Å²) in [5.41, 5.74) is 5.02. The lowest BCUT2D eigenvalue weighted by molar-refractivity contribution is 0.103. The molecule has 2 N–H and O–H groups in total. The normalized spacial score (nSPS) is 12.8. The second kappa shape index (κ2) is 7.20. The summed E-state index contributed by atoms with van der Waals surface area (Å²) in [6.45, 7) is 0. The minimum absolute atomic E-state index is 0.0673. The number of fused-ring (bicyclic) bond motifs is 6. The molecule has 0 radical (unpaired) electrons. The van der Waals surface area contributed by atoms with Gasteiger partial charge in [-0.1, -0.05) is 72.8 Å². The van der Waals surface area contributed by atoms with Crippen LogP contribution in [0.5, 0.6) is 0 Å². The summed E-state index contributed by atoms with van der Waals surface area (Å²) in [6.07, 6.45) is 0. The highest BCUT2D eigenvalue weighted by atomic mass is 16.2. The van der Waals surface area contributed by atoms with Gasteiger partial charge in [-0.2, -0.15) is 0 Å². The first-order valence-corrected chi connectivity index (χ1v) is 11.5. The maximum atomic E-state index is 13.1. The maximum absolute atomic E-state index is 13.1. The third-order valence-corrected chi connectivity index (χ3v) is 6.94. The molecule has 7 rings (SSSR count). The molecule has 36 heavy (non-hydrogen) atoms. The second-order valence-electron chi connectivity index (χ2n) is 8.86. The average molecular weight is 468 g/mol. The van der Waals surface area contributed by atoms with Crippen LogP contribution < -0.4 is 21.5 Å². The van der Waals surface area contributed by atoms with Crippen LogP contribution in [0.2, 0.25) is 0 Å². The highest BCUT2D eigenvalue weighted by Crippen LogP contribution is 2.43. The molecule has 0 spiro atoms. The number of rotatable bonds is 4. The first-order chi connectivity index (χ1) is 17.5. The van der Waals surface area contributed by atoms with Crippen LogP contribution in [-0.4, -0.2) is 11.6 Å². The van der Waals surface area contributed by atoms with Crippen LogP contribution in [0, 0.1) is 0 Å². The Hall–Kier alpha value is -5.10. The van der Waals surface area contributed by atoms with Crippen molar-refractivity contribution in [2.24, 2.45) is 0 Å². The molecule has 0 aliphatic heterocycles. The lowest BCUT2D eigenvalue weighted by Gasteiger charge is -2.18. The number of nitrogens with one attached hydrogen (secondary N) is 2. The van der Waals surface area contributed by atoms with E-state index in [0.29, 0.717) is 33.6 Å². The van der Waals surface area contributed by atoms with Crippen LogP contribution in [0.4, 0.5) is 22.7 Å². The van der Waals surface area contributed by atoms with E-state index in [1.54, 1.807) is 36.4 Å². The Morgan fingerprint density at radius 1 is 0.389 bits per heavy atom. The van der Waals surface area contributed by atoms with Crippen LogP contribution in [0.15, 0.2) is 94.5 Å². The Labute approximate surface area is 204 Å². The summed E-state index contributed by atoms with van der Waals surface area (Å²) >= 11 is 0. The molecule has 2 aliphatic rings. The SMILES string of the molecule is O=C1c2ccccc2-c2cccc(Nc3c(Nc4cccc5c4C(=O)c4ccccc4-5)c(=O)c3=O)c21. The molecule has 6 nitrogen and oxygen atoms in total. The van der Waals surface area contributed by atoms with E-state index in [1.165, 1.54) is 0 Å². The van der Waals surface area contributed by atoms with Gasteiger partial charge in [-0.15, -0.1) is 0 Å². The molecule has 0 bridgehead atoms. The fourth-order valence-electron chi connectivity index (χ4n) is 5.25. The van der Waals surface area contributed by atoms with Crippen molar-refractivity contribution in [3.63, 3.8) is 0 Å². The molecular weight excluding hydrogens is 452 g/mol. The van der Waals surface area contributed by atoms with Crippen molar-refractivity contribution in [1.82, 2.24) is 0 Å². The van der Waals surface area contributed by atoms with Crippen molar-refractivity contribution in [3.05, 3.63) is 128 Å². The number of carbonyl (C=O) groups excluding carboxylic acids is 2. The molecule has 0 amide bonds. The van der Waals surface area contributed by atoms with Gasteiger partial charge in [0.05, 0.1) is 22.5 Å². The summed E-state index contributed by atoms with van der Waals surface area (Å²) in [5.74, 6) is -0.276. The van der Waals surface area contributed by atoms with Crippen LogP contribution >= 0.6 is 0 Å². The monoisotopic (exact) mass is 468 g/mol. The van der Waals surface area contributed by atoms with Crippen LogP contribution in [-0.2, 0) is 0 Å². The van der Waals surface area contributed by atoms with Crippen molar-refractivity contribution in [2.75, 3.05) is 10.6 Å².